The summed E-state index contributed by atoms with van der Waals surface area (Å²) in [5, 5.41) is 10.6. The lowest BCUT2D eigenvalue weighted by atomic mass is 9.45. The van der Waals surface area contributed by atoms with Crippen LogP contribution in [0.1, 0.15) is 65.2 Å². The molecule has 126 valence electrons. The third kappa shape index (κ3) is 1.44. The predicted octanol–water partition coefficient (Wildman–Crippen LogP) is 4.18. The third-order valence-corrected chi connectivity index (χ3v) is 9.18. The van der Waals surface area contributed by atoms with Gasteiger partial charge in [-0.05, 0) is 84.5 Å². The molecule has 0 aromatic carbocycles. The zero-order chi connectivity index (χ0) is 16.2. The molecule has 0 aromatic rings. The highest BCUT2D eigenvalue weighted by molar-refractivity contribution is 5.95. The van der Waals surface area contributed by atoms with Gasteiger partial charge >= 0.3 is 0 Å². The summed E-state index contributed by atoms with van der Waals surface area (Å²) in [7, 11) is 0. The smallest absolute Gasteiger partial charge is 0.191 e. The second-order valence-electron chi connectivity index (χ2n) is 9.53. The number of allylic oxidation sites excluding steroid dienone is 1. The summed E-state index contributed by atoms with van der Waals surface area (Å²) in [6.07, 6.45) is 7.27. The predicted molar refractivity (Wildman–Crippen MR) is 85.2 cm³/mol. The van der Waals surface area contributed by atoms with Gasteiger partial charge in [-0.2, -0.15) is 0 Å². The fourth-order valence-corrected chi connectivity index (χ4v) is 7.85. The van der Waals surface area contributed by atoms with Crippen LogP contribution < -0.4 is 0 Å². The van der Waals surface area contributed by atoms with E-state index >= 15 is 0 Å². The molecule has 0 heterocycles. The van der Waals surface area contributed by atoms with Crippen molar-refractivity contribution in [1.82, 2.24) is 0 Å². The molecule has 7 atom stereocenters. The Morgan fingerprint density at radius 3 is 2.70 bits per heavy atom. The van der Waals surface area contributed by atoms with Gasteiger partial charge in [0.2, 0.25) is 0 Å². The standard InChI is InChI=1S/C20H27FO2/c1-18-7-6-15(22)17(21)14(18)4-3-13-12(18)5-8-19(2)16(23)9-11-10-20(11,13)19/h11-13,16,23H,3-10H2,1-2H3/t11-,12+,13-,16-,18-,19-,20+/m1/s1. The minimum absolute atomic E-state index is 0.0828. The highest BCUT2D eigenvalue weighted by Crippen LogP contribution is 2.82. The summed E-state index contributed by atoms with van der Waals surface area (Å²) in [6.45, 7) is 4.55. The van der Waals surface area contributed by atoms with E-state index in [0.29, 0.717) is 29.6 Å². The molecule has 0 aliphatic heterocycles. The SMILES string of the molecule is C[C@]12CCC(=O)C(F)=C1CC[C@@H]1[C@@H]2CC[C@]2(C)[C@H](O)C[C@@H]3C[C@]312. The van der Waals surface area contributed by atoms with Gasteiger partial charge in [0, 0.05) is 6.42 Å². The molecule has 4 fully saturated rings. The summed E-state index contributed by atoms with van der Waals surface area (Å²) in [6, 6.07) is 0. The molecule has 4 saturated carbocycles. The first kappa shape index (κ1) is 14.6. The third-order valence-electron chi connectivity index (χ3n) is 9.18. The van der Waals surface area contributed by atoms with Gasteiger partial charge in [-0.1, -0.05) is 13.8 Å². The Bertz CT molecular complexity index is 640. The Labute approximate surface area is 137 Å². The van der Waals surface area contributed by atoms with Crippen molar-refractivity contribution >= 4 is 5.78 Å². The summed E-state index contributed by atoms with van der Waals surface area (Å²) < 4.78 is 14.5. The number of fused-ring (bicyclic) bond motifs is 3. The molecule has 1 spiro atoms. The number of hydrogen-bond acceptors (Lipinski definition) is 2. The minimum Gasteiger partial charge on any atom is -0.393 e. The molecule has 0 saturated heterocycles. The fourth-order valence-electron chi connectivity index (χ4n) is 7.85. The summed E-state index contributed by atoms with van der Waals surface area (Å²) >= 11 is 0. The number of carbonyl (C=O) groups excluding carboxylic acids is 1. The maximum absolute atomic E-state index is 14.5. The lowest BCUT2D eigenvalue weighted by Crippen LogP contribution is -2.54. The van der Waals surface area contributed by atoms with Crippen LogP contribution in [0.3, 0.4) is 0 Å². The molecule has 2 nitrogen and oxygen atoms in total. The number of hydrogen-bond donors (Lipinski definition) is 1. The molecule has 23 heavy (non-hydrogen) atoms. The zero-order valence-corrected chi connectivity index (χ0v) is 14.2. The first-order chi connectivity index (χ1) is 10.8. The van der Waals surface area contributed by atoms with E-state index in [0.717, 1.165) is 44.1 Å². The number of ketones is 1. The normalized spacial score (nSPS) is 57.5. The van der Waals surface area contributed by atoms with Crippen LogP contribution in [0.4, 0.5) is 4.39 Å². The Morgan fingerprint density at radius 1 is 1.13 bits per heavy atom. The van der Waals surface area contributed by atoms with Crippen LogP contribution in [-0.4, -0.2) is 17.0 Å². The monoisotopic (exact) mass is 318 g/mol. The maximum Gasteiger partial charge on any atom is 0.191 e. The van der Waals surface area contributed by atoms with Gasteiger partial charge in [0.15, 0.2) is 11.6 Å². The molecule has 0 radical (unpaired) electrons. The highest BCUT2D eigenvalue weighted by Gasteiger charge is 2.77. The van der Waals surface area contributed by atoms with Crippen molar-refractivity contribution < 1.29 is 14.3 Å². The van der Waals surface area contributed by atoms with E-state index in [2.05, 4.69) is 13.8 Å². The second kappa shape index (κ2) is 4.09. The van der Waals surface area contributed by atoms with E-state index in [1.165, 1.54) is 6.42 Å². The van der Waals surface area contributed by atoms with Gasteiger partial charge in [-0.15, -0.1) is 0 Å². The maximum atomic E-state index is 14.5. The van der Waals surface area contributed by atoms with Crippen molar-refractivity contribution in [2.24, 2.45) is 34.0 Å². The van der Waals surface area contributed by atoms with Crippen molar-refractivity contribution in [3.63, 3.8) is 0 Å². The number of aliphatic hydroxyl groups is 1. The number of rotatable bonds is 0. The molecule has 3 heteroatoms. The molecule has 0 unspecified atom stereocenters. The molecule has 5 aliphatic rings. The summed E-state index contributed by atoms with van der Waals surface area (Å²) in [4.78, 5) is 11.8. The number of Topliss-reactive ketones (excluding diaryl/α,β-unsaturated/α-hetero) is 1. The largest absolute Gasteiger partial charge is 0.393 e. The van der Waals surface area contributed by atoms with Gasteiger partial charge in [-0.25, -0.2) is 4.39 Å². The van der Waals surface area contributed by atoms with Crippen molar-refractivity contribution in [1.29, 1.82) is 0 Å². The van der Waals surface area contributed by atoms with E-state index in [1.54, 1.807) is 0 Å². The van der Waals surface area contributed by atoms with Crippen molar-refractivity contribution in [2.45, 2.75) is 71.3 Å². The quantitative estimate of drug-likeness (QED) is 0.727. The second-order valence-corrected chi connectivity index (χ2v) is 9.53. The van der Waals surface area contributed by atoms with Crippen LogP contribution in [-0.2, 0) is 4.79 Å². The van der Waals surface area contributed by atoms with E-state index < -0.39 is 5.83 Å². The first-order valence-electron chi connectivity index (χ1n) is 9.45. The van der Waals surface area contributed by atoms with Gasteiger partial charge in [0.1, 0.15) is 0 Å². The highest BCUT2D eigenvalue weighted by atomic mass is 19.1. The van der Waals surface area contributed by atoms with Gasteiger partial charge < -0.3 is 5.11 Å². The van der Waals surface area contributed by atoms with Crippen molar-refractivity contribution in [3.05, 3.63) is 11.4 Å². The number of carbonyl (C=O) groups is 1. The average molecular weight is 318 g/mol. The average Bonchev–Trinajstić information content (AvgIpc) is 3.17. The van der Waals surface area contributed by atoms with Crippen LogP contribution in [0.5, 0.6) is 0 Å². The molecule has 5 rings (SSSR count). The van der Waals surface area contributed by atoms with Crippen molar-refractivity contribution in [2.75, 3.05) is 0 Å². The molecule has 5 aliphatic carbocycles. The van der Waals surface area contributed by atoms with Gasteiger partial charge in [0.25, 0.3) is 0 Å². The Morgan fingerprint density at radius 2 is 1.91 bits per heavy atom. The van der Waals surface area contributed by atoms with Crippen LogP contribution in [0.25, 0.3) is 0 Å². The molecule has 0 amide bonds. The van der Waals surface area contributed by atoms with E-state index in [-0.39, 0.29) is 22.7 Å². The zero-order valence-electron chi connectivity index (χ0n) is 14.2. The summed E-state index contributed by atoms with van der Waals surface area (Å²) in [5.74, 6) is 1.16. The van der Waals surface area contributed by atoms with E-state index in [1.807, 2.05) is 0 Å². The number of halogens is 1. The topological polar surface area (TPSA) is 37.3 Å². The number of aliphatic hydroxyl groups excluding tert-OH is 1. The van der Waals surface area contributed by atoms with E-state index in [4.69, 9.17) is 0 Å². The molecule has 1 N–H and O–H groups in total. The lowest BCUT2D eigenvalue weighted by molar-refractivity contribution is -0.123. The summed E-state index contributed by atoms with van der Waals surface area (Å²) in [5.41, 5.74) is 1.13. The minimum atomic E-state index is -0.401. The Balaban J connectivity index is 1.59. The lowest BCUT2D eigenvalue weighted by Gasteiger charge is -2.59. The molecular weight excluding hydrogens is 291 g/mol. The molecular formula is C20H27FO2. The van der Waals surface area contributed by atoms with Crippen LogP contribution in [0.2, 0.25) is 0 Å². The van der Waals surface area contributed by atoms with Gasteiger partial charge in [0.05, 0.1) is 6.10 Å². The molecule has 0 aromatic heterocycles. The van der Waals surface area contributed by atoms with Gasteiger partial charge in [-0.3, -0.25) is 4.79 Å². The Hall–Kier alpha value is -0.700. The van der Waals surface area contributed by atoms with Crippen LogP contribution in [0.15, 0.2) is 11.4 Å². The van der Waals surface area contributed by atoms with Crippen LogP contribution >= 0.6 is 0 Å². The van der Waals surface area contributed by atoms with Crippen molar-refractivity contribution in [3.8, 4) is 0 Å². The van der Waals surface area contributed by atoms with E-state index in [9.17, 15) is 14.3 Å². The first-order valence-corrected chi connectivity index (χ1v) is 9.45. The fraction of sp³-hybridized carbons (Fsp3) is 0.850. The molecule has 0 bridgehead atoms. The Kier molecular flexibility index (Phi) is 2.60. The van der Waals surface area contributed by atoms with Crippen LogP contribution in [0, 0.1) is 34.0 Å².